The number of aromatic nitrogens is 1. The highest BCUT2D eigenvalue weighted by molar-refractivity contribution is 5.67. The molecule has 0 spiro atoms. The van der Waals surface area contributed by atoms with Crippen molar-refractivity contribution in [2.24, 2.45) is 0 Å². The van der Waals surface area contributed by atoms with E-state index in [-0.39, 0.29) is 6.09 Å². The first-order valence-electron chi connectivity index (χ1n) is 6.91. The summed E-state index contributed by atoms with van der Waals surface area (Å²) in [5.74, 6) is 0. The maximum Gasteiger partial charge on any atom is 0.410 e. The molecule has 4 heteroatoms. The number of hydrogen-bond acceptors (Lipinski definition) is 2. The second kappa shape index (κ2) is 4.67. The van der Waals surface area contributed by atoms with Gasteiger partial charge in [0.25, 0.3) is 0 Å². The van der Waals surface area contributed by atoms with Crippen molar-refractivity contribution in [3.05, 3.63) is 23.0 Å². The van der Waals surface area contributed by atoms with Gasteiger partial charge in [-0.2, -0.15) is 0 Å². The van der Waals surface area contributed by atoms with Crippen molar-refractivity contribution in [1.29, 1.82) is 0 Å². The molecule has 0 fully saturated rings. The van der Waals surface area contributed by atoms with Crippen molar-refractivity contribution in [2.75, 3.05) is 13.2 Å². The lowest BCUT2D eigenvalue weighted by Gasteiger charge is -2.29. The average Bonchev–Trinajstić information content (AvgIpc) is 2.76. The Kier molecular flexibility index (Phi) is 3.02. The molecule has 0 saturated heterocycles. The van der Waals surface area contributed by atoms with Gasteiger partial charge in [0.2, 0.25) is 0 Å². The van der Waals surface area contributed by atoms with Crippen molar-refractivity contribution >= 4 is 6.09 Å². The van der Waals surface area contributed by atoms with Crippen LogP contribution in [0.4, 0.5) is 4.79 Å². The summed E-state index contributed by atoms with van der Waals surface area (Å²) in [4.78, 5) is 13.6. The smallest absolute Gasteiger partial charge is 0.410 e. The first-order valence-corrected chi connectivity index (χ1v) is 6.91. The van der Waals surface area contributed by atoms with Gasteiger partial charge in [-0.05, 0) is 44.2 Å². The van der Waals surface area contributed by atoms with Gasteiger partial charge in [0.05, 0.1) is 13.2 Å². The van der Waals surface area contributed by atoms with Crippen molar-refractivity contribution in [2.45, 2.75) is 45.7 Å². The highest BCUT2D eigenvalue weighted by Crippen LogP contribution is 2.28. The fourth-order valence-corrected chi connectivity index (χ4v) is 3.10. The number of amides is 1. The third-order valence-corrected chi connectivity index (χ3v) is 3.97. The second-order valence-corrected chi connectivity index (χ2v) is 5.09. The van der Waals surface area contributed by atoms with Crippen LogP contribution in [0.3, 0.4) is 0 Å². The summed E-state index contributed by atoms with van der Waals surface area (Å²) in [6.07, 6.45) is 4.84. The average molecular weight is 248 g/mol. The number of fused-ring (bicyclic) bond motifs is 3. The van der Waals surface area contributed by atoms with Gasteiger partial charge in [-0.15, -0.1) is 0 Å². The van der Waals surface area contributed by atoms with Crippen LogP contribution in [0, 0.1) is 0 Å². The zero-order valence-corrected chi connectivity index (χ0v) is 10.9. The van der Waals surface area contributed by atoms with E-state index in [0.29, 0.717) is 13.2 Å². The summed E-state index contributed by atoms with van der Waals surface area (Å²) in [5, 5.41) is 0. The Labute approximate surface area is 108 Å². The van der Waals surface area contributed by atoms with Gasteiger partial charge in [0.1, 0.15) is 0 Å². The molecule has 0 bridgehead atoms. The van der Waals surface area contributed by atoms with Crippen LogP contribution in [-0.2, 0) is 30.7 Å². The molecule has 1 aliphatic heterocycles. The highest BCUT2D eigenvalue weighted by Gasteiger charge is 2.25. The number of aryl methyl sites for hydroxylation is 1. The maximum absolute atomic E-state index is 11.7. The van der Waals surface area contributed by atoms with Crippen LogP contribution in [-0.4, -0.2) is 28.7 Å². The summed E-state index contributed by atoms with van der Waals surface area (Å²) in [6.45, 7) is 4.69. The number of hydrogen-bond donors (Lipinski definition) is 0. The molecule has 0 N–H and O–H groups in total. The van der Waals surface area contributed by atoms with E-state index < -0.39 is 0 Å². The molecular weight excluding hydrogens is 228 g/mol. The van der Waals surface area contributed by atoms with Gasteiger partial charge in [0, 0.05) is 24.5 Å². The summed E-state index contributed by atoms with van der Waals surface area (Å²) in [7, 11) is 0. The second-order valence-electron chi connectivity index (χ2n) is 5.09. The van der Waals surface area contributed by atoms with Crippen molar-refractivity contribution in [3.8, 4) is 0 Å². The molecule has 1 aromatic rings. The highest BCUT2D eigenvalue weighted by atomic mass is 16.6. The Morgan fingerprint density at radius 1 is 1.33 bits per heavy atom. The minimum atomic E-state index is -0.178. The predicted molar refractivity (Wildman–Crippen MR) is 68.5 cm³/mol. The molecular formula is C14H20N2O2. The van der Waals surface area contributed by atoms with E-state index >= 15 is 0 Å². The van der Waals surface area contributed by atoms with E-state index in [0.717, 1.165) is 13.1 Å². The summed E-state index contributed by atoms with van der Waals surface area (Å²) in [6, 6.07) is 2.29. The topological polar surface area (TPSA) is 34.5 Å². The number of carbonyl (C=O) groups is 1. The van der Waals surface area contributed by atoms with Crippen LogP contribution in [0.5, 0.6) is 0 Å². The Morgan fingerprint density at radius 3 is 3.00 bits per heavy atom. The van der Waals surface area contributed by atoms with Gasteiger partial charge in [-0.3, -0.25) is 0 Å². The van der Waals surface area contributed by atoms with Crippen molar-refractivity contribution in [3.63, 3.8) is 0 Å². The number of ether oxygens (including phenoxy) is 1. The van der Waals surface area contributed by atoms with Crippen LogP contribution in [0.15, 0.2) is 6.07 Å². The van der Waals surface area contributed by atoms with Crippen LogP contribution in [0.2, 0.25) is 0 Å². The van der Waals surface area contributed by atoms with Crippen molar-refractivity contribution in [1.82, 2.24) is 9.47 Å². The largest absolute Gasteiger partial charge is 0.450 e. The quantitative estimate of drug-likeness (QED) is 0.764. The molecule has 0 aromatic carbocycles. The SMILES string of the molecule is CCOC(=O)N1CCn2c(cc3c2CCCC3)C1. The molecule has 0 saturated carbocycles. The first-order chi connectivity index (χ1) is 8.79. The molecule has 1 aliphatic carbocycles. The number of rotatable bonds is 1. The molecule has 1 aromatic heterocycles. The fourth-order valence-electron chi connectivity index (χ4n) is 3.10. The molecule has 2 aliphatic rings. The molecule has 18 heavy (non-hydrogen) atoms. The molecule has 3 rings (SSSR count). The molecule has 0 atom stereocenters. The Bertz CT molecular complexity index is 465. The van der Waals surface area contributed by atoms with Crippen LogP contribution in [0.25, 0.3) is 0 Å². The van der Waals surface area contributed by atoms with E-state index in [1.54, 1.807) is 0 Å². The van der Waals surface area contributed by atoms with Crippen LogP contribution in [0.1, 0.15) is 36.7 Å². The zero-order valence-electron chi connectivity index (χ0n) is 10.9. The molecule has 1 amide bonds. The summed E-state index contributed by atoms with van der Waals surface area (Å²) >= 11 is 0. The van der Waals surface area contributed by atoms with Gasteiger partial charge in [-0.25, -0.2) is 4.79 Å². The molecule has 4 nitrogen and oxygen atoms in total. The Morgan fingerprint density at radius 2 is 2.17 bits per heavy atom. The predicted octanol–water partition coefficient (Wildman–Crippen LogP) is 2.34. The van der Waals surface area contributed by atoms with E-state index in [9.17, 15) is 4.79 Å². The van der Waals surface area contributed by atoms with Crippen molar-refractivity contribution < 1.29 is 9.53 Å². The minimum Gasteiger partial charge on any atom is -0.450 e. The zero-order chi connectivity index (χ0) is 12.5. The third kappa shape index (κ3) is 1.89. The monoisotopic (exact) mass is 248 g/mol. The molecule has 98 valence electrons. The lowest BCUT2D eigenvalue weighted by molar-refractivity contribution is 0.0968. The number of nitrogens with zero attached hydrogens (tertiary/aromatic N) is 2. The lowest BCUT2D eigenvalue weighted by Crippen LogP contribution is -2.38. The van der Waals surface area contributed by atoms with Crippen LogP contribution >= 0.6 is 0 Å². The minimum absolute atomic E-state index is 0.178. The molecule has 0 unspecified atom stereocenters. The maximum atomic E-state index is 11.7. The van der Waals surface area contributed by atoms with E-state index in [4.69, 9.17) is 4.74 Å². The van der Waals surface area contributed by atoms with Gasteiger partial charge < -0.3 is 14.2 Å². The van der Waals surface area contributed by atoms with Gasteiger partial charge >= 0.3 is 6.09 Å². The first kappa shape index (κ1) is 11.6. The van der Waals surface area contributed by atoms with E-state index in [2.05, 4.69) is 10.6 Å². The molecule has 2 heterocycles. The van der Waals surface area contributed by atoms with E-state index in [1.807, 2.05) is 11.8 Å². The van der Waals surface area contributed by atoms with Crippen LogP contribution < -0.4 is 0 Å². The van der Waals surface area contributed by atoms with Gasteiger partial charge in [0.15, 0.2) is 0 Å². The third-order valence-electron chi connectivity index (χ3n) is 3.97. The Balaban J connectivity index is 1.81. The molecule has 0 radical (unpaired) electrons. The Hall–Kier alpha value is -1.45. The standard InChI is InChI=1S/C14H20N2O2/c1-2-18-14(17)15-7-8-16-12(10-15)9-11-5-3-4-6-13(11)16/h9H,2-8,10H2,1H3. The van der Waals surface area contributed by atoms with Gasteiger partial charge in [-0.1, -0.05) is 0 Å². The van der Waals surface area contributed by atoms with E-state index in [1.165, 1.54) is 42.6 Å². The lowest BCUT2D eigenvalue weighted by atomic mass is 9.98. The summed E-state index contributed by atoms with van der Waals surface area (Å²) in [5.41, 5.74) is 4.29. The summed E-state index contributed by atoms with van der Waals surface area (Å²) < 4.78 is 7.50. The fraction of sp³-hybridized carbons (Fsp3) is 0.643. The normalized spacial score (nSPS) is 18.2. The number of carbonyl (C=O) groups excluding carboxylic acids is 1.